The lowest BCUT2D eigenvalue weighted by Crippen LogP contribution is -2.58. The quantitative estimate of drug-likeness (QED) is 0.642. The number of methoxy groups -OCH3 is 1. The van der Waals surface area contributed by atoms with Gasteiger partial charge < -0.3 is 14.5 Å². The molecule has 0 bridgehead atoms. The zero-order valence-corrected chi connectivity index (χ0v) is 17.7. The van der Waals surface area contributed by atoms with Crippen LogP contribution in [-0.2, 0) is 11.2 Å². The first-order valence-electron chi connectivity index (χ1n) is 10.3. The number of likely N-dealkylation sites (N-methyl/N-ethyl adjacent to an activating group) is 1. The van der Waals surface area contributed by atoms with E-state index in [0.29, 0.717) is 30.8 Å². The molecule has 6 nitrogen and oxygen atoms in total. The third kappa shape index (κ3) is 4.43. The standard InChI is InChI=1S/C25H25N3O3/c1-27-12-13-28(24(29)20-8-4-10-22(16-20)31-2)23(25(27)30)15-18-6-3-7-19(14-18)21-9-5-11-26-17-21/h3-11,14,16-17,23H,12-13,15H2,1-2H3/t23-/m1/s1. The molecule has 1 aromatic heterocycles. The summed E-state index contributed by atoms with van der Waals surface area (Å²) in [6.45, 7) is 1.01. The van der Waals surface area contributed by atoms with Crippen LogP contribution in [0.1, 0.15) is 15.9 Å². The van der Waals surface area contributed by atoms with Crippen LogP contribution in [0.15, 0.2) is 73.1 Å². The Morgan fingerprint density at radius 1 is 1.06 bits per heavy atom. The molecule has 2 amide bonds. The molecule has 0 N–H and O–H groups in total. The number of amides is 2. The Labute approximate surface area is 182 Å². The van der Waals surface area contributed by atoms with Gasteiger partial charge in [0.25, 0.3) is 5.91 Å². The summed E-state index contributed by atoms with van der Waals surface area (Å²) in [5, 5.41) is 0. The van der Waals surface area contributed by atoms with Crippen molar-refractivity contribution in [2.45, 2.75) is 12.5 Å². The lowest BCUT2D eigenvalue weighted by atomic mass is 9.97. The summed E-state index contributed by atoms with van der Waals surface area (Å²) in [4.78, 5) is 33.9. The second-order valence-corrected chi connectivity index (χ2v) is 7.65. The zero-order valence-electron chi connectivity index (χ0n) is 17.7. The van der Waals surface area contributed by atoms with Crippen molar-refractivity contribution in [2.24, 2.45) is 0 Å². The van der Waals surface area contributed by atoms with Crippen LogP contribution in [0.5, 0.6) is 5.75 Å². The summed E-state index contributed by atoms with van der Waals surface area (Å²) < 4.78 is 5.26. The number of hydrogen-bond acceptors (Lipinski definition) is 4. The molecular weight excluding hydrogens is 390 g/mol. The molecular formula is C25H25N3O3. The first kappa shape index (κ1) is 20.6. The van der Waals surface area contributed by atoms with Gasteiger partial charge in [0.15, 0.2) is 0 Å². The third-order valence-electron chi connectivity index (χ3n) is 5.64. The Morgan fingerprint density at radius 3 is 2.65 bits per heavy atom. The minimum Gasteiger partial charge on any atom is -0.497 e. The van der Waals surface area contributed by atoms with Crippen molar-refractivity contribution in [3.8, 4) is 16.9 Å². The SMILES string of the molecule is COc1cccc(C(=O)N2CCN(C)C(=O)[C@H]2Cc2cccc(-c3cccnc3)c2)c1. The highest BCUT2D eigenvalue weighted by atomic mass is 16.5. The number of carbonyl (C=O) groups excluding carboxylic acids is 2. The summed E-state index contributed by atoms with van der Waals surface area (Å²) in [5.74, 6) is 0.412. The minimum absolute atomic E-state index is 0.0470. The van der Waals surface area contributed by atoms with Gasteiger partial charge in [0.1, 0.15) is 11.8 Å². The lowest BCUT2D eigenvalue weighted by Gasteiger charge is -2.39. The van der Waals surface area contributed by atoms with Gasteiger partial charge in [0, 0.05) is 44.5 Å². The summed E-state index contributed by atoms with van der Waals surface area (Å²) in [5.41, 5.74) is 3.57. The molecule has 2 heterocycles. The molecule has 6 heteroatoms. The van der Waals surface area contributed by atoms with Crippen molar-refractivity contribution in [3.63, 3.8) is 0 Å². The fourth-order valence-corrected chi connectivity index (χ4v) is 3.91. The third-order valence-corrected chi connectivity index (χ3v) is 5.64. The number of hydrogen-bond donors (Lipinski definition) is 0. The number of ether oxygens (including phenoxy) is 1. The molecule has 1 atom stereocenters. The van der Waals surface area contributed by atoms with E-state index in [9.17, 15) is 9.59 Å². The molecule has 0 aliphatic carbocycles. The molecule has 158 valence electrons. The molecule has 1 saturated heterocycles. The van der Waals surface area contributed by atoms with Crippen molar-refractivity contribution < 1.29 is 14.3 Å². The van der Waals surface area contributed by atoms with Crippen molar-refractivity contribution in [1.29, 1.82) is 0 Å². The topological polar surface area (TPSA) is 62.7 Å². The highest BCUT2D eigenvalue weighted by Gasteiger charge is 2.36. The first-order chi connectivity index (χ1) is 15.1. The van der Waals surface area contributed by atoms with E-state index >= 15 is 0 Å². The summed E-state index contributed by atoms with van der Waals surface area (Å²) >= 11 is 0. The predicted molar refractivity (Wildman–Crippen MR) is 119 cm³/mol. The average molecular weight is 415 g/mol. The van der Waals surface area contributed by atoms with Crippen LogP contribution in [0.2, 0.25) is 0 Å². The van der Waals surface area contributed by atoms with E-state index in [0.717, 1.165) is 16.7 Å². The molecule has 0 radical (unpaired) electrons. The lowest BCUT2D eigenvalue weighted by molar-refractivity contribution is -0.138. The van der Waals surface area contributed by atoms with Crippen molar-refractivity contribution in [3.05, 3.63) is 84.2 Å². The number of rotatable bonds is 5. The predicted octanol–water partition coefficient (Wildman–Crippen LogP) is 3.28. The normalized spacial score (nSPS) is 16.3. The van der Waals surface area contributed by atoms with E-state index in [4.69, 9.17) is 4.74 Å². The van der Waals surface area contributed by atoms with E-state index in [2.05, 4.69) is 11.1 Å². The van der Waals surface area contributed by atoms with E-state index in [1.54, 1.807) is 54.4 Å². The maximum atomic E-state index is 13.3. The number of pyridine rings is 1. The van der Waals surface area contributed by atoms with Crippen LogP contribution in [-0.4, -0.2) is 59.9 Å². The fraction of sp³-hybridized carbons (Fsp3) is 0.240. The largest absolute Gasteiger partial charge is 0.497 e. The van der Waals surface area contributed by atoms with Gasteiger partial charge in [0.2, 0.25) is 5.91 Å². The minimum atomic E-state index is -0.554. The Balaban J connectivity index is 1.62. The first-order valence-corrected chi connectivity index (χ1v) is 10.3. The van der Waals surface area contributed by atoms with Crippen LogP contribution in [0, 0.1) is 0 Å². The number of aromatic nitrogens is 1. The van der Waals surface area contributed by atoms with Crippen LogP contribution in [0.4, 0.5) is 0 Å². The average Bonchev–Trinajstić information content (AvgIpc) is 2.82. The molecule has 3 aromatic rings. The molecule has 31 heavy (non-hydrogen) atoms. The monoisotopic (exact) mass is 415 g/mol. The smallest absolute Gasteiger partial charge is 0.254 e. The molecule has 0 unspecified atom stereocenters. The van der Waals surface area contributed by atoms with Crippen LogP contribution < -0.4 is 4.74 Å². The van der Waals surface area contributed by atoms with Crippen LogP contribution in [0.3, 0.4) is 0 Å². The van der Waals surface area contributed by atoms with Crippen LogP contribution in [0.25, 0.3) is 11.1 Å². The van der Waals surface area contributed by atoms with E-state index in [1.165, 1.54) is 0 Å². The molecule has 1 fully saturated rings. The second-order valence-electron chi connectivity index (χ2n) is 7.65. The van der Waals surface area contributed by atoms with Gasteiger partial charge in [0.05, 0.1) is 7.11 Å². The van der Waals surface area contributed by atoms with Crippen molar-refractivity contribution in [2.75, 3.05) is 27.2 Å². The molecule has 0 spiro atoms. The van der Waals surface area contributed by atoms with E-state index < -0.39 is 6.04 Å². The fourth-order valence-electron chi connectivity index (χ4n) is 3.91. The highest BCUT2D eigenvalue weighted by Crippen LogP contribution is 2.24. The zero-order chi connectivity index (χ0) is 21.8. The summed E-state index contributed by atoms with van der Waals surface area (Å²) in [7, 11) is 3.36. The Bertz CT molecular complexity index is 1080. The molecule has 1 aliphatic rings. The maximum Gasteiger partial charge on any atom is 0.254 e. The molecule has 1 aliphatic heterocycles. The Kier molecular flexibility index (Phi) is 5.98. The maximum absolute atomic E-state index is 13.3. The van der Waals surface area contributed by atoms with E-state index in [1.807, 2.05) is 36.5 Å². The van der Waals surface area contributed by atoms with Gasteiger partial charge in [-0.25, -0.2) is 0 Å². The number of piperazine rings is 1. The Hall–Kier alpha value is -3.67. The highest BCUT2D eigenvalue weighted by molar-refractivity contribution is 5.98. The van der Waals surface area contributed by atoms with Gasteiger partial charge in [-0.3, -0.25) is 14.6 Å². The summed E-state index contributed by atoms with van der Waals surface area (Å²) in [6, 6.07) is 18.5. The number of nitrogens with zero attached hydrogens (tertiary/aromatic N) is 3. The summed E-state index contributed by atoms with van der Waals surface area (Å²) in [6.07, 6.45) is 4.01. The van der Waals surface area contributed by atoms with Crippen LogP contribution >= 0.6 is 0 Å². The number of benzene rings is 2. The van der Waals surface area contributed by atoms with Gasteiger partial charge in [-0.05, 0) is 41.0 Å². The van der Waals surface area contributed by atoms with Gasteiger partial charge in [-0.15, -0.1) is 0 Å². The van der Waals surface area contributed by atoms with Gasteiger partial charge in [-0.1, -0.05) is 36.4 Å². The molecule has 2 aromatic carbocycles. The second kappa shape index (κ2) is 9.00. The van der Waals surface area contributed by atoms with Gasteiger partial charge in [-0.2, -0.15) is 0 Å². The van der Waals surface area contributed by atoms with E-state index in [-0.39, 0.29) is 11.8 Å². The van der Waals surface area contributed by atoms with Gasteiger partial charge >= 0.3 is 0 Å². The number of carbonyl (C=O) groups is 2. The van der Waals surface area contributed by atoms with Crippen molar-refractivity contribution in [1.82, 2.24) is 14.8 Å². The molecule has 0 saturated carbocycles. The molecule has 4 rings (SSSR count). The van der Waals surface area contributed by atoms with Crippen molar-refractivity contribution >= 4 is 11.8 Å². The Morgan fingerprint density at radius 2 is 1.87 bits per heavy atom.